The summed E-state index contributed by atoms with van der Waals surface area (Å²) in [5.74, 6) is 0.890. The van der Waals surface area contributed by atoms with Crippen molar-refractivity contribution in [2.75, 3.05) is 14.2 Å². The van der Waals surface area contributed by atoms with Crippen molar-refractivity contribution < 1.29 is 14.6 Å². The summed E-state index contributed by atoms with van der Waals surface area (Å²) < 4.78 is 10.0. The molecule has 18 heavy (non-hydrogen) atoms. The maximum absolute atomic E-state index is 10.2. The monoisotopic (exact) mass is 247 g/mol. The molecule has 0 saturated heterocycles. The molecule has 0 saturated carbocycles. The number of ether oxygens (including phenoxy) is 2. The molecule has 0 bridgehead atoms. The first-order valence-corrected chi connectivity index (χ1v) is 5.31. The van der Waals surface area contributed by atoms with Gasteiger partial charge in [0.05, 0.1) is 19.9 Å². The number of methoxy groups -OCH3 is 2. The van der Waals surface area contributed by atoms with Crippen molar-refractivity contribution in [1.82, 2.24) is 15.2 Å². The Morgan fingerprint density at radius 1 is 1.11 bits per heavy atom. The third-order valence-corrected chi connectivity index (χ3v) is 2.43. The van der Waals surface area contributed by atoms with E-state index in [0.29, 0.717) is 23.0 Å². The standard InChI is InChI=1S/C12H13N3O3/c1-17-9-4-3-7-13-11(9)12(16)8-5-6-10(18-2)15-14-8/h3-7,12,16H,1-2H3. The molecule has 94 valence electrons. The molecule has 0 radical (unpaired) electrons. The van der Waals surface area contributed by atoms with Gasteiger partial charge in [-0.3, -0.25) is 4.98 Å². The van der Waals surface area contributed by atoms with Gasteiger partial charge >= 0.3 is 0 Å². The van der Waals surface area contributed by atoms with Gasteiger partial charge in [0.2, 0.25) is 5.88 Å². The van der Waals surface area contributed by atoms with Gasteiger partial charge in [0.15, 0.2) is 0 Å². The average Bonchev–Trinajstić information content (AvgIpc) is 2.46. The van der Waals surface area contributed by atoms with Crippen LogP contribution in [0.2, 0.25) is 0 Å². The van der Waals surface area contributed by atoms with Crippen LogP contribution < -0.4 is 9.47 Å². The van der Waals surface area contributed by atoms with E-state index in [1.165, 1.54) is 14.2 Å². The second-order valence-electron chi connectivity index (χ2n) is 3.49. The molecule has 6 nitrogen and oxygen atoms in total. The summed E-state index contributed by atoms with van der Waals surface area (Å²) in [4.78, 5) is 4.09. The van der Waals surface area contributed by atoms with Gasteiger partial charge in [-0.05, 0) is 18.2 Å². The van der Waals surface area contributed by atoms with Crippen molar-refractivity contribution in [3.05, 3.63) is 41.9 Å². The highest BCUT2D eigenvalue weighted by atomic mass is 16.5. The van der Waals surface area contributed by atoms with Gasteiger partial charge in [0.25, 0.3) is 0 Å². The first-order chi connectivity index (χ1) is 8.76. The Morgan fingerprint density at radius 2 is 1.94 bits per heavy atom. The lowest BCUT2D eigenvalue weighted by molar-refractivity contribution is 0.202. The van der Waals surface area contributed by atoms with Crippen molar-refractivity contribution in [3.63, 3.8) is 0 Å². The summed E-state index contributed by atoms with van der Waals surface area (Å²) in [5.41, 5.74) is 0.785. The summed E-state index contributed by atoms with van der Waals surface area (Å²) in [6.07, 6.45) is 0.595. The Bertz CT molecular complexity index is 516. The lowest BCUT2D eigenvalue weighted by Crippen LogP contribution is -2.07. The van der Waals surface area contributed by atoms with Crippen LogP contribution in [0.3, 0.4) is 0 Å². The lowest BCUT2D eigenvalue weighted by atomic mass is 10.1. The van der Waals surface area contributed by atoms with E-state index in [4.69, 9.17) is 9.47 Å². The summed E-state index contributed by atoms with van der Waals surface area (Å²) in [5, 5.41) is 17.9. The molecule has 0 aromatic carbocycles. The minimum absolute atomic E-state index is 0.382. The number of nitrogens with zero attached hydrogens (tertiary/aromatic N) is 3. The van der Waals surface area contributed by atoms with Crippen LogP contribution >= 0.6 is 0 Å². The van der Waals surface area contributed by atoms with Crippen LogP contribution in [-0.4, -0.2) is 34.5 Å². The average molecular weight is 247 g/mol. The number of aliphatic hydroxyl groups excluding tert-OH is 1. The topological polar surface area (TPSA) is 77.4 Å². The summed E-state index contributed by atoms with van der Waals surface area (Å²) in [6, 6.07) is 6.71. The number of aromatic nitrogens is 3. The molecule has 1 N–H and O–H groups in total. The fraction of sp³-hybridized carbons (Fsp3) is 0.250. The minimum atomic E-state index is -0.987. The summed E-state index contributed by atoms with van der Waals surface area (Å²) in [7, 11) is 3.02. The highest BCUT2D eigenvalue weighted by molar-refractivity contribution is 5.33. The molecule has 0 aliphatic heterocycles. The molecular weight excluding hydrogens is 234 g/mol. The molecule has 2 aromatic rings. The fourth-order valence-corrected chi connectivity index (χ4v) is 1.51. The van der Waals surface area contributed by atoms with Gasteiger partial charge in [-0.2, -0.15) is 0 Å². The van der Waals surface area contributed by atoms with E-state index in [2.05, 4.69) is 15.2 Å². The minimum Gasteiger partial charge on any atom is -0.495 e. The Balaban J connectivity index is 2.31. The van der Waals surface area contributed by atoms with E-state index in [1.807, 2.05) is 0 Å². The molecule has 0 aliphatic carbocycles. The first kappa shape index (κ1) is 12.3. The first-order valence-electron chi connectivity index (χ1n) is 5.31. The van der Waals surface area contributed by atoms with Crippen molar-refractivity contribution >= 4 is 0 Å². The Hall–Kier alpha value is -2.21. The van der Waals surface area contributed by atoms with Crippen molar-refractivity contribution in [2.24, 2.45) is 0 Å². The SMILES string of the molecule is COc1ccc(C(O)c2ncccc2OC)nn1. The zero-order chi connectivity index (χ0) is 13.0. The van der Waals surface area contributed by atoms with Gasteiger partial charge < -0.3 is 14.6 Å². The second-order valence-corrected chi connectivity index (χ2v) is 3.49. The number of rotatable bonds is 4. The van der Waals surface area contributed by atoms with Crippen molar-refractivity contribution in [2.45, 2.75) is 6.10 Å². The largest absolute Gasteiger partial charge is 0.495 e. The summed E-state index contributed by atoms with van der Waals surface area (Å²) in [6.45, 7) is 0. The molecule has 2 heterocycles. The van der Waals surface area contributed by atoms with Crippen LogP contribution in [0.1, 0.15) is 17.5 Å². The van der Waals surface area contributed by atoms with E-state index >= 15 is 0 Å². The van der Waals surface area contributed by atoms with Crippen LogP contribution in [0.5, 0.6) is 11.6 Å². The Kier molecular flexibility index (Phi) is 3.69. The quantitative estimate of drug-likeness (QED) is 0.867. The maximum atomic E-state index is 10.2. The number of hydrogen-bond donors (Lipinski definition) is 1. The van der Waals surface area contributed by atoms with Crippen LogP contribution in [0.4, 0.5) is 0 Å². The van der Waals surface area contributed by atoms with E-state index in [9.17, 15) is 5.11 Å². The highest BCUT2D eigenvalue weighted by Crippen LogP contribution is 2.26. The smallest absolute Gasteiger partial charge is 0.233 e. The van der Waals surface area contributed by atoms with Gasteiger partial charge in [0, 0.05) is 12.3 Å². The molecule has 0 spiro atoms. The van der Waals surface area contributed by atoms with Crippen LogP contribution in [0.15, 0.2) is 30.5 Å². The second kappa shape index (κ2) is 5.42. The fourth-order valence-electron chi connectivity index (χ4n) is 1.51. The van der Waals surface area contributed by atoms with Crippen LogP contribution in [0, 0.1) is 0 Å². The number of pyridine rings is 1. The van der Waals surface area contributed by atoms with Crippen molar-refractivity contribution in [3.8, 4) is 11.6 Å². The van der Waals surface area contributed by atoms with Crippen LogP contribution in [-0.2, 0) is 0 Å². The maximum Gasteiger partial charge on any atom is 0.233 e. The molecule has 2 aromatic heterocycles. The molecule has 0 fully saturated rings. The molecule has 1 atom stereocenters. The zero-order valence-corrected chi connectivity index (χ0v) is 10.1. The van der Waals surface area contributed by atoms with Gasteiger partial charge in [-0.15, -0.1) is 10.2 Å². The Labute approximate surface area is 104 Å². The van der Waals surface area contributed by atoms with Gasteiger partial charge in [-0.1, -0.05) is 0 Å². The van der Waals surface area contributed by atoms with E-state index < -0.39 is 6.10 Å². The summed E-state index contributed by atoms with van der Waals surface area (Å²) >= 11 is 0. The third-order valence-electron chi connectivity index (χ3n) is 2.43. The molecule has 1 unspecified atom stereocenters. The van der Waals surface area contributed by atoms with Crippen molar-refractivity contribution in [1.29, 1.82) is 0 Å². The van der Waals surface area contributed by atoms with Crippen LogP contribution in [0.25, 0.3) is 0 Å². The third kappa shape index (κ3) is 2.38. The molecule has 0 aliphatic rings. The van der Waals surface area contributed by atoms with Gasteiger partial charge in [0.1, 0.15) is 17.5 Å². The predicted octanol–water partition coefficient (Wildman–Crippen LogP) is 0.970. The zero-order valence-electron chi connectivity index (χ0n) is 10.1. The normalized spacial score (nSPS) is 11.9. The lowest BCUT2D eigenvalue weighted by Gasteiger charge is -2.12. The molecule has 6 heteroatoms. The molecular formula is C12H13N3O3. The molecule has 0 amide bonds. The predicted molar refractivity (Wildman–Crippen MR) is 63.4 cm³/mol. The van der Waals surface area contributed by atoms with E-state index in [1.54, 1.807) is 30.5 Å². The van der Waals surface area contributed by atoms with E-state index in [-0.39, 0.29) is 0 Å². The highest BCUT2D eigenvalue weighted by Gasteiger charge is 2.18. The molecule has 2 rings (SSSR count). The van der Waals surface area contributed by atoms with Gasteiger partial charge in [-0.25, -0.2) is 0 Å². The number of hydrogen-bond acceptors (Lipinski definition) is 6. The van der Waals surface area contributed by atoms with E-state index in [0.717, 1.165) is 0 Å². The Morgan fingerprint density at radius 3 is 2.56 bits per heavy atom. The number of aliphatic hydroxyl groups is 1.